The van der Waals surface area contributed by atoms with Crippen molar-refractivity contribution in [1.29, 1.82) is 0 Å². The Hall–Kier alpha value is -3.08. The minimum absolute atomic E-state index is 0.135. The number of nitrogens with zero attached hydrogens (tertiary/aromatic N) is 1. The molecule has 0 saturated carbocycles. The molecular formula is C24H28N2O3. The van der Waals surface area contributed by atoms with E-state index < -0.39 is 0 Å². The zero-order valence-corrected chi connectivity index (χ0v) is 17.1. The quantitative estimate of drug-likeness (QED) is 0.370. The van der Waals surface area contributed by atoms with Gasteiger partial charge in [0.25, 0.3) is 0 Å². The maximum absolute atomic E-state index is 11.6. The van der Waals surface area contributed by atoms with Crippen LogP contribution in [0, 0.1) is 0 Å². The molecule has 0 fully saturated rings. The highest BCUT2D eigenvalue weighted by Crippen LogP contribution is 2.29. The second kappa shape index (κ2) is 10.5. The van der Waals surface area contributed by atoms with Gasteiger partial charge in [-0.15, -0.1) is 0 Å². The molecule has 0 unspecified atom stereocenters. The number of hydrogen-bond acceptors (Lipinski definition) is 4. The lowest BCUT2D eigenvalue weighted by atomic mass is 10.0. The SMILES string of the molecule is CCOC(=O)CCCCc1c(OCC)ccc2[nH]c(/C=C/c3ccccc3)nc12. The Bertz CT molecular complexity index is 961. The lowest BCUT2D eigenvalue weighted by molar-refractivity contribution is -0.143. The third-order valence-corrected chi connectivity index (χ3v) is 4.63. The molecule has 5 heteroatoms. The Morgan fingerprint density at radius 2 is 1.86 bits per heavy atom. The number of H-pyrrole nitrogens is 1. The van der Waals surface area contributed by atoms with E-state index in [0.717, 1.165) is 53.0 Å². The molecule has 3 rings (SSSR count). The first kappa shape index (κ1) is 20.6. The van der Waals surface area contributed by atoms with E-state index in [1.54, 1.807) is 0 Å². The van der Waals surface area contributed by atoms with Crippen LogP contribution in [0.2, 0.25) is 0 Å². The molecule has 29 heavy (non-hydrogen) atoms. The van der Waals surface area contributed by atoms with E-state index >= 15 is 0 Å². The van der Waals surface area contributed by atoms with E-state index in [-0.39, 0.29) is 5.97 Å². The number of ether oxygens (including phenoxy) is 2. The summed E-state index contributed by atoms with van der Waals surface area (Å²) in [4.78, 5) is 19.7. The predicted molar refractivity (Wildman–Crippen MR) is 117 cm³/mol. The second-order valence-electron chi connectivity index (χ2n) is 6.75. The van der Waals surface area contributed by atoms with Gasteiger partial charge in [0.1, 0.15) is 11.6 Å². The van der Waals surface area contributed by atoms with E-state index in [0.29, 0.717) is 19.6 Å². The number of rotatable bonds is 10. The molecule has 1 N–H and O–H groups in total. The van der Waals surface area contributed by atoms with Crippen LogP contribution in [0.4, 0.5) is 0 Å². The van der Waals surface area contributed by atoms with Crippen molar-refractivity contribution in [3.05, 3.63) is 59.4 Å². The molecular weight excluding hydrogens is 364 g/mol. The van der Waals surface area contributed by atoms with Crippen molar-refractivity contribution in [3.63, 3.8) is 0 Å². The highest BCUT2D eigenvalue weighted by Gasteiger charge is 2.13. The van der Waals surface area contributed by atoms with Crippen molar-refractivity contribution in [1.82, 2.24) is 9.97 Å². The van der Waals surface area contributed by atoms with Gasteiger partial charge in [-0.1, -0.05) is 36.4 Å². The van der Waals surface area contributed by atoms with Crippen LogP contribution in [-0.2, 0) is 16.0 Å². The van der Waals surface area contributed by atoms with Gasteiger partial charge in [0, 0.05) is 12.0 Å². The van der Waals surface area contributed by atoms with Crippen LogP contribution in [-0.4, -0.2) is 29.2 Å². The molecule has 3 aromatic rings. The minimum atomic E-state index is -0.135. The molecule has 0 aliphatic heterocycles. The number of hydrogen-bond donors (Lipinski definition) is 1. The molecule has 152 valence electrons. The molecule has 0 radical (unpaired) electrons. The topological polar surface area (TPSA) is 64.2 Å². The average Bonchev–Trinajstić information content (AvgIpc) is 3.15. The Labute approximate surface area is 171 Å². The molecule has 0 amide bonds. The number of aryl methyl sites for hydroxylation is 1. The normalized spacial score (nSPS) is 11.2. The van der Waals surface area contributed by atoms with Gasteiger partial charge in [-0.05, 0) is 56.9 Å². The fraction of sp³-hybridized carbons (Fsp3) is 0.333. The fourth-order valence-corrected chi connectivity index (χ4v) is 3.29. The largest absolute Gasteiger partial charge is 0.494 e. The maximum atomic E-state index is 11.6. The number of fused-ring (bicyclic) bond motifs is 1. The van der Waals surface area contributed by atoms with Crippen molar-refractivity contribution in [3.8, 4) is 5.75 Å². The molecule has 0 atom stereocenters. The molecule has 1 aromatic heterocycles. The molecule has 0 aliphatic carbocycles. The van der Waals surface area contributed by atoms with Crippen LogP contribution in [0.25, 0.3) is 23.2 Å². The first-order valence-electron chi connectivity index (χ1n) is 10.2. The molecule has 0 saturated heterocycles. The summed E-state index contributed by atoms with van der Waals surface area (Å²) in [5.74, 6) is 1.54. The van der Waals surface area contributed by atoms with Crippen LogP contribution in [0.3, 0.4) is 0 Å². The molecule has 5 nitrogen and oxygen atoms in total. The van der Waals surface area contributed by atoms with Crippen molar-refractivity contribution in [2.75, 3.05) is 13.2 Å². The Balaban J connectivity index is 1.78. The minimum Gasteiger partial charge on any atom is -0.494 e. The number of unbranched alkanes of at least 4 members (excludes halogenated alkanes) is 1. The highest BCUT2D eigenvalue weighted by atomic mass is 16.5. The third-order valence-electron chi connectivity index (χ3n) is 4.63. The maximum Gasteiger partial charge on any atom is 0.305 e. The van der Waals surface area contributed by atoms with E-state index in [1.165, 1.54) is 0 Å². The highest BCUT2D eigenvalue weighted by molar-refractivity contribution is 5.84. The zero-order chi connectivity index (χ0) is 20.5. The molecule has 0 aliphatic rings. The zero-order valence-electron chi connectivity index (χ0n) is 17.1. The van der Waals surface area contributed by atoms with Crippen LogP contribution in [0.5, 0.6) is 5.75 Å². The number of carbonyl (C=O) groups excluding carboxylic acids is 1. The summed E-state index contributed by atoms with van der Waals surface area (Å²) >= 11 is 0. The summed E-state index contributed by atoms with van der Waals surface area (Å²) in [6, 6.07) is 14.2. The number of esters is 1. The summed E-state index contributed by atoms with van der Waals surface area (Å²) in [6.45, 7) is 4.84. The van der Waals surface area contributed by atoms with E-state index in [9.17, 15) is 4.79 Å². The average molecular weight is 392 g/mol. The van der Waals surface area contributed by atoms with E-state index in [2.05, 4.69) is 17.1 Å². The van der Waals surface area contributed by atoms with Gasteiger partial charge in [0.05, 0.1) is 24.2 Å². The fourth-order valence-electron chi connectivity index (χ4n) is 3.29. The molecule has 0 spiro atoms. The van der Waals surface area contributed by atoms with E-state index in [4.69, 9.17) is 14.5 Å². The van der Waals surface area contributed by atoms with Gasteiger partial charge >= 0.3 is 5.97 Å². The Morgan fingerprint density at radius 3 is 2.62 bits per heavy atom. The lowest BCUT2D eigenvalue weighted by Crippen LogP contribution is -2.04. The predicted octanol–water partition coefficient (Wildman–Crippen LogP) is 5.41. The summed E-state index contributed by atoms with van der Waals surface area (Å²) in [7, 11) is 0. The van der Waals surface area contributed by atoms with Gasteiger partial charge in [0.15, 0.2) is 0 Å². The number of benzene rings is 2. The summed E-state index contributed by atoms with van der Waals surface area (Å²) in [5, 5.41) is 0. The van der Waals surface area contributed by atoms with Crippen molar-refractivity contribution in [2.45, 2.75) is 39.5 Å². The number of aromatic amines is 1. The number of aromatic nitrogens is 2. The number of imidazole rings is 1. The number of carbonyl (C=O) groups is 1. The molecule has 2 aromatic carbocycles. The number of nitrogens with one attached hydrogen (secondary N) is 1. The molecule has 1 heterocycles. The summed E-state index contributed by atoms with van der Waals surface area (Å²) in [5.41, 5.74) is 4.13. The second-order valence-corrected chi connectivity index (χ2v) is 6.75. The first-order chi connectivity index (χ1) is 14.2. The smallest absolute Gasteiger partial charge is 0.305 e. The van der Waals surface area contributed by atoms with Gasteiger partial charge in [-0.2, -0.15) is 0 Å². The van der Waals surface area contributed by atoms with Crippen LogP contribution in [0.1, 0.15) is 50.1 Å². The van der Waals surface area contributed by atoms with Crippen LogP contribution >= 0.6 is 0 Å². The summed E-state index contributed by atoms with van der Waals surface area (Å²) in [6.07, 6.45) is 6.94. The van der Waals surface area contributed by atoms with Crippen LogP contribution < -0.4 is 4.74 Å². The third kappa shape index (κ3) is 5.70. The first-order valence-corrected chi connectivity index (χ1v) is 10.2. The van der Waals surface area contributed by atoms with E-state index in [1.807, 2.05) is 56.3 Å². The standard InChI is InChI=1S/C24H28N2O3/c1-3-28-21-16-15-20-24(19(21)12-8-9-13-23(27)29-4-2)26-22(25-20)17-14-18-10-6-5-7-11-18/h5-7,10-11,14-17H,3-4,8-9,12-13H2,1-2H3,(H,25,26)/b17-14+. The van der Waals surface area contributed by atoms with Gasteiger partial charge in [-0.25, -0.2) is 4.98 Å². The summed E-state index contributed by atoms with van der Waals surface area (Å²) < 4.78 is 10.8. The Kier molecular flexibility index (Phi) is 7.45. The van der Waals surface area contributed by atoms with Gasteiger partial charge in [0.2, 0.25) is 0 Å². The van der Waals surface area contributed by atoms with Gasteiger partial charge in [-0.3, -0.25) is 4.79 Å². The monoisotopic (exact) mass is 392 g/mol. The van der Waals surface area contributed by atoms with Crippen molar-refractivity contribution < 1.29 is 14.3 Å². The molecule has 0 bridgehead atoms. The van der Waals surface area contributed by atoms with Crippen molar-refractivity contribution in [2.24, 2.45) is 0 Å². The van der Waals surface area contributed by atoms with Crippen LogP contribution in [0.15, 0.2) is 42.5 Å². The Morgan fingerprint density at radius 1 is 1.03 bits per heavy atom. The van der Waals surface area contributed by atoms with Gasteiger partial charge < -0.3 is 14.5 Å². The lowest BCUT2D eigenvalue weighted by Gasteiger charge is -2.10. The van der Waals surface area contributed by atoms with Crippen molar-refractivity contribution >= 4 is 29.2 Å².